The van der Waals surface area contributed by atoms with E-state index in [-0.39, 0.29) is 0 Å². The van der Waals surface area contributed by atoms with Gasteiger partial charge in [-0.1, -0.05) is 11.6 Å². The highest BCUT2D eigenvalue weighted by molar-refractivity contribution is 6.30. The van der Waals surface area contributed by atoms with Crippen molar-refractivity contribution in [2.45, 2.75) is 25.8 Å². The van der Waals surface area contributed by atoms with Crippen LogP contribution in [0.4, 0.5) is 5.69 Å². The summed E-state index contributed by atoms with van der Waals surface area (Å²) in [7, 11) is 0. The van der Waals surface area contributed by atoms with E-state index in [1.54, 1.807) is 0 Å². The molecular weight excluding hydrogens is 170 g/mol. The van der Waals surface area contributed by atoms with Crippen LogP contribution in [0.1, 0.15) is 18.9 Å². The van der Waals surface area contributed by atoms with Gasteiger partial charge in [0.05, 0.1) is 5.69 Å². The molecule has 1 nitrogen and oxygen atoms in total. The maximum Gasteiger partial charge on any atom is 0.0610 e. The molecule has 0 fully saturated rings. The number of hydrogen-bond donors (Lipinski definition) is 0. The summed E-state index contributed by atoms with van der Waals surface area (Å²) in [4.78, 5) is 0. The second-order valence-corrected chi connectivity index (χ2v) is 3.73. The van der Waals surface area contributed by atoms with E-state index in [1.807, 2.05) is 18.2 Å². The van der Waals surface area contributed by atoms with Gasteiger partial charge >= 0.3 is 0 Å². The number of aryl methyl sites for hydroxylation is 1. The van der Waals surface area contributed by atoms with Crippen molar-refractivity contribution in [3.63, 3.8) is 0 Å². The summed E-state index contributed by atoms with van der Waals surface area (Å²) in [6.07, 6.45) is 2.26. The monoisotopic (exact) mass is 180 g/mol. The first kappa shape index (κ1) is 7.93. The predicted octanol–water partition coefficient (Wildman–Crippen LogP) is 2.91. The summed E-state index contributed by atoms with van der Waals surface area (Å²) < 4.78 is 0. The molecule has 1 aliphatic rings. The van der Waals surface area contributed by atoms with Crippen molar-refractivity contribution >= 4 is 17.3 Å². The van der Waals surface area contributed by atoms with E-state index < -0.39 is 0 Å². The summed E-state index contributed by atoms with van der Waals surface area (Å²) >= 11 is 5.87. The molecule has 1 aliphatic heterocycles. The fraction of sp³-hybridized carbons (Fsp3) is 0.400. The second-order valence-electron chi connectivity index (χ2n) is 3.29. The summed E-state index contributed by atoms with van der Waals surface area (Å²) in [5.41, 5.74) is 2.42. The average Bonchev–Trinajstić information content (AvgIpc) is 2.05. The minimum absolute atomic E-state index is 0.471. The van der Waals surface area contributed by atoms with Gasteiger partial charge in [0.15, 0.2) is 0 Å². The Morgan fingerprint density at radius 1 is 1.50 bits per heavy atom. The Morgan fingerprint density at radius 3 is 3.17 bits per heavy atom. The normalized spacial score (nSPS) is 21.3. The molecule has 0 amide bonds. The number of halogens is 1. The van der Waals surface area contributed by atoms with Crippen LogP contribution in [0.5, 0.6) is 0 Å². The molecule has 2 heteroatoms. The van der Waals surface area contributed by atoms with Crippen LogP contribution < -0.4 is 5.32 Å². The third kappa shape index (κ3) is 1.42. The van der Waals surface area contributed by atoms with Gasteiger partial charge in [0.2, 0.25) is 0 Å². The average molecular weight is 181 g/mol. The Kier molecular flexibility index (Phi) is 1.97. The third-order valence-electron chi connectivity index (χ3n) is 2.23. The van der Waals surface area contributed by atoms with E-state index in [1.165, 1.54) is 5.56 Å². The Hall–Kier alpha value is -0.690. The maximum absolute atomic E-state index is 5.87. The summed E-state index contributed by atoms with van der Waals surface area (Å²) in [5, 5.41) is 5.35. The standard InChI is InChI=1S/C10H11ClN/c1-7-2-3-8-6-9(11)4-5-10(8)12-7/h4-7H,2-3H2,1H3. The lowest BCUT2D eigenvalue weighted by Crippen LogP contribution is -2.20. The molecular formula is C10H11ClN. The Morgan fingerprint density at radius 2 is 2.33 bits per heavy atom. The molecule has 0 saturated heterocycles. The molecule has 0 aromatic heterocycles. The molecule has 0 aliphatic carbocycles. The fourth-order valence-electron chi connectivity index (χ4n) is 1.55. The lowest BCUT2D eigenvalue weighted by molar-refractivity contribution is 0.554. The van der Waals surface area contributed by atoms with E-state index in [9.17, 15) is 0 Å². The summed E-state index contributed by atoms with van der Waals surface area (Å²) in [5.74, 6) is 0. The SMILES string of the molecule is CC1CCc2cc(Cl)ccc2[N]1. The van der Waals surface area contributed by atoms with Gasteiger partial charge in [-0.2, -0.15) is 0 Å². The largest absolute Gasteiger partial charge is 0.282 e. The van der Waals surface area contributed by atoms with Crippen LogP contribution in [-0.4, -0.2) is 6.04 Å². The number of benzene rings is 1. The van der Waals surface area contributed by atoms with Gasteiger partial charge < -0.3 is 0 Å². The molecule has 0 saturated carbocycles. The number of fused-ring (bicyclic) bond motifs is 1. The summed E-state index contributed by atoms with van der Waals surface area (Å²) in [6, 6.07) is 6.40. The van der Waals surface area contributed by atoms with Crippen LogP contribution in [0.15, 0.2) is 18.2 Å². The van der Waals surface area contributed by atoms with Gasteiger partial charge in [0, 0.05) is 11.1 Å². The molecule has 1 radical (unpaired) electrons. The number of nitrogens with zero attached hydrogens (tertiary/aromatic N) is 1. The molecule has 1 aromatic rings. The van der Waals surface area contributed by atoms with E-state index in [4.69, 9.17) is 11.6 Å². The lowest BCUT2D eigenvalue weighted by atomic mass is 9.99. The van der Waals surface area contributed by atoms with Crippen LogP contribution >= 0.6 is 11.6 Å². The van der Waals surface area contributed by atoms with Crippen molar-refractivity contribution in [3.05, 3.63) is 28.8 Å². The Labute approximate surface area is 77.7 Å². The van der Waals surface area contributed by atoms with Gasteiger partial charge in [-0.15, -0.1) is 0 Å². The molecule has 1 atom stereocenters. The molecule has 0 bridgehead atoms. The van der Waals surface area contributed by atoms with Crippen molar-refractivity contribution in [2.75, 3.05) is 0 Å². The zero-order valence-electron chi connectivity index (χ0n) is 7.05. The van der Waals surface area contributed by atoms with Crippen LogP contribution in [0.2, 0.25) is 5.02 Å². The first-order valence-corrected chi connectivity index (χ1v) is 4.63. The zero-order valence-corrected chi connectivity index (χ0v) is 7.80. The molecule has 63 valence electrons. The van der Waals surface area contributed by atoms with E-state index in [0.29, 0.717) is 6.04 Å². The van der Waals surface area contributed by atoms with Crippen LogP contribution in [0.3, 0.4) is 0 Å². The van der Waals surface area contributed by atoms with Crippen molar-refractivity contribution in [2.24, 2.45) is 0 Å². The first-order chi connectivity index (χ1) is 5.75. The molecule has 1 aromatic carbocycles. The topological polar surface area (TPSA) is 14.1 Å². The van der Waals surface area contributed by atoms with Gasteiger partial charge in [-0.05, 0) is 43.5 Å². The highest BCUT2D eigenvalue weighted by atomic mass is 35.5. The Bertz CT molecular complexity index is 296. The molecule has 0 N–H and O–H groups in total. The fourth-order valence-corrected chi connectivity index (χ4v) is 1.74. The minimum Gasteiger partial charge on any atom is -0.282 e. The lowest BCUT2D eigenvalue weighted by Gasteiger charge is -2.21. The van der Waals surface area contributed by atoms with Gasteiger partial charge in [0.25, 0.3) is 0 Å². The van der Waals surface area contributed by atoms with Crippen molar-refractivity contribution in [1.82, 2.24) is 5.32 Å². The van der Waals surface area contributed by atoms with Crippen LogP contribution in [-0.2, 0) is 6.42 Å². The molecule has 2 rings (SSSR count). The second kappa shape index (κ2) is 2.98. The highest BCUT2D eigenvalue weighted by Crippen LogP contribution is 2.27. The highest BCUT2D eigenvalue weighted by Gasteiger charge is 2.15. The first-order valence-electron chi connectivity index (χ1n) is 4.25. The van der Waals surface area contributed by atoms with Crippen LogP contribution in [0.25, 0.3) is 0 Å². The third-order valence-corrected chi connectivity index (χ3v) is 2.47. The predicted molar refractivity (Wildman–Crippen MR) is 51.0 cm³/mol. The van der Waals surface area contributed by atoms with E-state index in [2.05, 4.69) is 12.2 Å². The van der Waals surface area contributed by atoms with Crippen molar-refractivity contribution < 1.29 is 0 Å². The molecule has 0 spiro atoms. The quantitative estimate of drug-likeness (QED) is 0.583. The maximum atomic E-state index is 5.87. The summed E-state index contributed by atoms with van der Waals surface area (Å²) in [6.45, 7) is 2.15. The zero-order chi connectivity index (χ0) is 8.55. The molecule has 12 heavy (non-hydrogen) atoms. The van der Waals surface area contributed by atoms with E-state index >= 15 is 0 Å². The minimum atomic E-state index is 0.471. The smallest absolute Gasteiger partial charge is 0.0610 e. The van der Waals surface area contributed by atoms with Gasteiger partial charge in [-0.3, -0.25) is 5.32 Å². The Balaban J connectivity index is 2.37. The van der Waals surface area contributed by atoms with Gasteiger partial charge in [0.1, 0.15) is 0 Å². The molecule has 1 heterocycles. The van der Waals surface area contributed by atoms with Crippen molar-refractivity contribution in [3.8, 4) is 0 Å². The number of rotatable bonds is 0. The van der Waals surface area contributed by atoms with E-state index in [0.717, 1.165) is 23.6 Å². The van der Waals surface area contributed by atoms with Crippen LogP contribution in [0, 0.1) is 0 Å². The van der Waals surface area contributed by atoms with Gasteiger partial charge in [-0.25, -0.2) is 0 Å². The molecule has 1 unspecified atom stereocenters. The van der Waals surface area contributed by atoms with Crippen molar-refractivity contribution in [1.29, 1.82) is 0 Å². The number of hydrogen-bond acceptors (Lipinski definition) is 0.